The van der Waals surface area contributed by atoms with Gasteiger partial charge in [0, 0.05) is 13.0 Å². The van der Waals surface area contributed by atoms with Crippen LogP contribution in [-0.2, 0) is 0 Å². The molecule has 0 amide bonds. The molecule has 1 aliphatic rings. The topological polar surface area (TPSA) is 20.2 Å². The lowest BCUT2D eigenvalue weighted by Gasteiger charge is -2.27. The zero-order chi connectivity index (χ0) is 12.0. The summed E-state index contributed by atoms with van der Waals surface area (Å²) in [6.45, 7) is 1.29. The zero-order valence-electron chi connectivity index (χ0n) is 9.92. The van der Waals surface area contributed by atoms with Gasteiger partial charge in [0.15, 0.2) is 0 Å². The third-order valence-corrected chi connectivity index (χ3v) is 4.46. The van der Waals surface area contributed by atoms with Gasteiger partial charge in [-0.25, -0.2) is 8.78 Å². The van der Waals surface area contributed by atoms with Crippen molar-refractivity contribution in [1.29, 1.82) is 0 Å². The van der Waals surface area contributed by atoms with E-state index in [0.717, 1.165) is 38.4 Å². The standard InChI is InChI=1S/C12H22F2OS/c1-12(13,14)6-7-16-9-11-4-2-10(8-15)3-5-11/h10-11,15H,2-9H2,1H3. The monoisotopic (exact) mass is 252 g/mol. The summed E-state index contributed by atoms with van der Waals surface area (Å²) >= 11 is 1.65. The van der Waals surface area contributed by atoms with Gasteiger partial charge in [-0.05, 0) is 55.9 Å². The molecule has 1 nitrogen and oxygen atoms in total. The van der Waals surface area contributed by atoms with E-state index in [2.05, 4.69) is 0 Å². The second-order valence-electron chi connectivity index (χ2n) is 4.96. The number of alkyl halides is 2. The van der Waals surface area contributed by atoms with Crippen molar-refractivity contribution in [1.82, 2.24) is 0 Å². The summed E-state index contributed by atoms with van der Waals surface area (Å²) in [6, 6.07) is 0. The maximum Gasteiger partial charge on any atom is 0.246 e. The Balaban J connectivity index is 2.02. The van der Waals surface area contributed by atoms with Crippen LogP contribution in [0.25, 0.3) is 0 Å². The van der Waals surface area contributed by atoms with Crippen LogP contribution in [0, 0.1) is 11.8 Å². The Kier molecular flexibility index (Phi) is 6.05. The minimum Gasteiger partial charge on any atom is -0.396 e. The van der Waals surface area contributed by atoms with Crippen LogP contribution in [0.1, 0.15) is 39.0 Å². The fourth-order valence-corrected chi connectivity index (χ4v) is 3.42. The van der Waals surface area contributed by atoms with Crippen LogP contribution in [0.3, 0.4) is 0 Å². The van der Waals surface area contributed by atoms with Gasteiger partial charge in [-0.3, -0.25) is 0 Å². The molecule has 0 unspecified atom stereocenters. The van der Waals surface area contributed by atoms with Crippen molar-refractivity contribution < 1.29 is 13.9 Å². The Morgan fingerprint density at radius 2 is 1.75 bits per heavy atom. The highest BCUT2D eigenvalue weighted by molar-refractivity contribution is 7.99. The second-order valence-corrected chi connectivity index (χ2v) is 6.11. The minimum absolute atomic E-state index is 0.0103. The summed E-state index contributed by atoms with van der Waals surface area (Å²) in [7, 11) is 0. The first-order valence-corrected chi connectivity index (χ1v) is 7.23. The molecule has 4 heteroatoms. The van der Waals surface area contributed by atoms with Gasteiger partial charge in [0.05, 0.1) is 0 Å². The normalized spacial score (nSPS) is 27.0. The molecule has 0 heterocycles. The number of rotatable bonds is 6. The maximum absolute atomic E-state index is 12.5. The van der Waals surface area contributed by atoms with Gasteiger partial charge in [-0.2, -0.15) is 11.8 Å². The van der Waals surface area contributed by atoms with Gasteiger partial charge in [-0.1, -0.05) is 0 Å². The van der Waals surface area contributed by atoms with E-state index in [1.165, 1.54) is 0 Å². The van der Waals surface area contributed by atoms with E-state index in [1.54, 1.807) is 11.8 Å². The predicted molar refractivity (Wildman–Crippen MR) is 65.1 cm³/mol. The highest BCUT2D eigenvalue weighted by Crippen LogP contribution is 2.31. The molecule has 0 saturated heterocycles. The number of halogens is 2. The molecule has 0 atom stereocenters. The molecular formula is C12H22F2OS. The SMILES string of the molecule is CC(F)(F)CCSCC1CCC(CO)CC1. The van der Waals surface area contributed by atoms with Gasteiger partial charge in [0.2, 0.25) is 5.92 Å². The largest absolute Gasteiger partial charge is 0.396 e. The van der Waals surface area contributed by atoms with Crippen LogP contribution in [0.5, 0.6) is 0 Å². The van der Waals surface area contributed by atoms with E-state index in [9.17, 15) is 8.78 Å². The summed E-state index contributed by atoms with van der Waals surface area (Å²) in [5, 5.41) is 8.99. The van der Waals surface area contributed by atoms with E-state index in [0.29, 0.717) is 24.2 Å². The third kappa shape index (κ3) is 6.04. The van der Waals surface area contributed by atoms with E-state index in [1.807, 2.05) is 0 Å². The second kappa shape index (κ2) is 6.80. The number of hydrogen-bond acceptors (Lipinski definition) is 2. The zero-order valence-corrected chi connectivity index (χ0v) is 10.7. The third-order valence-electron chi connectivity index (χ3n) is 3.26. The Labute approximate surface area is 101 Å². The van der Waals surface area contributed by atoms with Crippen molar-refractivity contribution in [2.45, 2.75) is 45.0 Å². The first-order valence-electron chi connectivity index (χ1n) is 6.07. The lowest BCUT2D eigenvalue weighted by Crippen LogP contribution is -2.19. The summed E-state index contributed by atoms with van der Waals surface area (Å²) in [6.07, 6.45) is 4.50. The average Bonchev–Trinajstić information content (AvgIpc) is 2.24. The first-order chi connectivity index (χ1) is 7.51. The van der Waals surface area contributed by atoms with Gasteiger partial charge < -0.3 is 5.11 Å². The number of aliphatic hydroxyl groups excluding tert-OH is 1. The van der Waals surface area contributed by atoms with Crippen molar-refractivity contribution in [3.05, 3.63) is 0 Å². The smallest absolute Gasteiger partial charge is 0.246 e. The van der Waals surface area contributed by atoms with Gasteiger partial charge in [0.25, 0.3) is 0 Å². The van der Waals surface area contributed by atoms with Gasteiger partial charge >= 0.3 is 0 Å². The molecule has 1 saturated carbocycles. The van der Waals surface area contributed by atoms with Crippen LogP contribution in [0.15, 0.2) is 0 Å². The molecule has 0 spiro atoms. The van der Waals surface area contributed by atoms with E-state index >= 15 is 0 Å². The van der Waals surface area contributed by atoms with E-state index in [-0.39, 0.29) is 6.42 Å². The molecule has 1 aliphatic carbocycles. The van der Waals surface area contributed by atoms with Crippen molar-refractivity contribution in [2.24, 2.45) is 11.8 Å². The molecule has 0 aromatic carbocycles. The minimum atomic E-state index is -2.51. The van der Waals surface area contributed by atoms with Crippen molar-refractivity contribution in [3.63, 3.8) is 0 Å². The Hall–Kier alpha value is 0.170. The van der Waals surface area contributed by atoms with Crippen molar-refractivity contribution in [2.75, 3.05) is 18.1 Å². The molecule has 0 radical (unpaired) electrons. The highest BCUT2D eigenvalue weighted by atomic mass is 32.2. The molecule has 1 fully saturated rings. The van der Waals surface area contributed by atoms with Crippen molar-refractivity contribution >= 4 is 11.8 Å². The Bertz CT molecular complexity index is 186. The van der Waals surface area contributed by atoms with Crippen LogP contribution in [0.4, 0.5) is 8.78 Å². The lowest BCUT2D eigenvalue weighted by atomic mass is 9.83. The summed E-state index contributed by atoms with van der Waals surface area (Å²) in [4.78, 5) is 0. The maximum atomic E-state index is 12.5. The average molecular weight is 252 g/mol. The highest BCUT2D eigenvalue weighted by Gasteiger charge is 2.22. The fourth-order valence-electron chi connectivity index (χ4n) is 2.08. The van der Waals surface area contributed by atoms with E-state index in [4.69, 9.17) is 5.11 Å². The van der Waals surface area contributed by atoms with E-state index < -0.39 is 5.92 Å². The van der Waals surface area contributed by atoms with Gasteiger partial charge in [0.1, 0.15) is 0 Å². The lowest BCUT2D eigenvalue weighted by molar-refractivity contribution is 0.0194. The van der Waals surface area contributed by atoms with Crippen molar-refractivity contribution in [3.8, 4) is 0 Å². The Morgan fingerprint density at radius 1 is 1.19 bits per heavy atom. The summed E-state index contributed by atoms with van der Waals surface area (Å²) in [5.74, 6) is 0.221. The molecule has 1 rings (SSSR count). The van der Waals surface area contributed by atoms with Crippen LogP contribution in [0.2, 0.25) is 0 Å². The molecular weight excluding hydrogens is 230 g/mol. The predicted octanol–water partition coefficient (Wildman–Crippen LogP) is 3.56. The fraction of sp³-hybridized carbons (Fsp3) is 1.00. The van der Waals surface area contributed by atoms with Crippen LogP contribution in [-0.4, -0.2) is 29.1 Å². The summed E-state index contributed by atoms with van der Waals surface area (Å²) in [5.41, 5.74) is 0. The molecule has 0 bridgehead atoms. The molecule has 0 aromatic rings. The molecule has 0 aromatic heterocycles. The Morgan fingerprint density at radius 3 is 2.25 bits per heavy atom. The number of aliphatic hydroxyl groups is 1. The van der Waals surface area contributed by atoms with Crippen LogP contribution >= 0.6 is 11.8 Å². The summed E-state index contributed by atoms with van der Waals surface area (Å²) < 4.78 is 25.1. The molecule has 16 heavy (non-hydrogen) atoms. The first kappa shape index (κ1) is 14.2. The quantitative estimate of drug-likeness (QED) is 0.729. The number of thioether (sulfide) groups is 1. The molecule has 1 N–H and O–H groups in total. The molecule has 0 aliphatic heterocycles. The van der Waals surface area contributed by atoms with Gasteiger partial charge in [-0.15, -0.1) is 0 Å². The molecule has 96 valence electrons. The number of hydrogen-bond donors (Lipinski definition) is 1. The van der Waals surface area contributed by atoms with Crippen LogP contribution < -0.4 is 0 Å².